The minimum absolute atomic E-state index is 0.0821. The number of aromatic nitrogens is 2. The van der Waals surface area contributed by atoms with Crippen molar-refractivity contribution < 1.29 is 28.5 Å². The molecule has 1 aromatic heterocycles. The molecule has 10 heteroatoms. The number of methoxy groups -OCH3 is 3. The normalized spacial score (nSPS) is 11.7. The molecular formula is C26H24Cl2N2O6. The molecule has 0 aliphatic rings. The molecule has 36 heavy (non-hydrogen) atoms. The number of ketones is 1. The van der Waals surface area contributed by atoms with E-state index in [9.17, 15) is 9.59 Å². The first-order valence-corrected chi connectivity index (χ1v) is 11.6. The maximum absolute atomic E-state index is 12.8. The van der Waals surface area contributed by atoms with Gasteiger partial charge in [-0.3, -0.25) is 9.59 Å². The molecule has 0 aliphatic carbocycles. The lowest BCUT2D eigenvalue weighted by molar-refractivity contribution is -0.145. The van der Waals surface area contributed by atoms with Gasteiger partial charge in [-0.2, -0.15) is 9.97 Å². The van der Waals surface area contributed by atoms with Gasteiger partial charge in [-0.05, 0) is 36.2 Å². The van der Waals surface area contributed by atoms with E-state index >= 15 is 0 Å². The lowest BCUT2D eigenvalue weighted by Crippen LogP contribution is -2.20. The van der Waals surface area contributed by atoms with E-state index in [1.807, 2.05) is 18.2 Å². The van der Waals surface area contributed by atoms with Crippen LogP contribution in [0.15, 0.2) is 54.6 Å². The quantitative estimate of drug-likeness (QED) is 0.218. The Kier molecular flexibility index (Phi) is 9.67. The third-order valence-corrected chi connectivity index (χ3v) is 5.73. The fraction of sp³-hybridized carbons (Fsp3) is 0.231. The highest BCUT2D eigenvalue weighted by molar-refractivity contribution is 6.39. The van der Waals surface area contributed by atoms with Crippen LogP contribution in [-0.2, 0) is 9.53 Å². The monoisotopic (exact) mass is 530 g/mol. The summed E-state index contributed by atoms with van der Waals surface area (Å²) in [6, 6.07) is 13.6. The maximum Gasteiger partial charge on any atom is 0.328 e. The molecule has 3 aromatic rings. The molecule has 0 saturated heterocycles. The van der Waals surface area contributed by atoms with Gasteiger partial charge in [-0.15, -0.1) is 0 Å². The van der Waals surface area contributed by atoms with E-state index in [1.54, 1.807) is 42.5 Å². The summed E-state index contributed by atoms with van der Waals surface area (Å²) in [6.45, 7) is 0. The molecule has 0 spiro atoms. The summed E-state index contributed by atoms with van der Waals surface area (Å²) >= 11 is 12.3. The fourth-order valence-electron chi connectivity index (χ4n) is 3.28. The van der Waals surface area contributed by atoms with Crippen LogP contribution in [0.25, 0.3) is 6.08 Å². The molecule has 188 valence electrons. The van der Waals surface area contributed by atoms with Crippen LogP contribution in [0.1, 0.15) is 28.8 Å². The van der Waals surface area contributed by atoms with Crippen molar-refractivity contribution in [2.75, 3.05) is 21.3 Å². The van der Waals surface area contributed by atoms with E-state index in [1.165, 1.54) is 21.3 Å². The number of hydrogen-bond acceptors (Lipinski definition) is 8. The van der Waals surface area contributed by atoms with E-state index < -0.39 is 11.9 Å². The van der Waals surface area contributed by atoms with Gasteiger partial charge in [0.15, 0.2) is 5.78 Å². The van der Waals surface area contributed by atoms with Gasteiger partial charge in [0, 0.05) is 6.42 Å². The molecule has 1 atom stereocenters. The van der Waals surface area contributed by atoms with Gasteiger partial charge in [0.05, 0.1) is 48.9 Å². The molecule has 2 aromatic carbocycles. The highest BCUT2D eigenvalue weighted by Crippen LogP contribution is 2.28. The van der Waals surface area contributed by atoms with Crippen molar-refractivity contribution in [1.82, 2.24) is 9.97 Å². The van der Waals surface area contributed by atoms with Crippen LogP contribution in [-0.4, -0.2) is 43.0 Å². The average molecular weight is 531 g/mol. The van der Waals surface area contributed by atoms with Crippen LogP contribution in [0.5, 0.6) is 23.5 Å². The van der Waals surface area contributed by atoms with E-state index in [0.717, 1.165) is 5.56 Å². The minimum Gasteiger partial charge on any atom is -0.481 e. The summed E-state index contributed by atoms with van der Waals surface area (Å²) in [5.74, 6) is -0.370. The average Bonchev–Trinajstić information content (AvgIpc) is 2.88. The maximum atomic E-state index is 12.8. The van der Waals surface area contributed by atoms with Gasteiger partial charge in [0.2, 0.25) is 11.8 Å². The SMILES string of the molecule is COC(=O)C(C/C=C/c1ccc(Oc2nc(OC)cc(OC)n2)cc1)CC(=O)c1c(Cl)cccc1Cl. The zero-order valence-corrected chi connectivity index (χ0v) is 21.4. The van der Waals surface area contributed by atoms with Gasteiger partial charge in [-0.1, -0.05) is 53.6 Å². The summed E-state index contributed by atoms with van der Waals surface area (Å²) in [4.78, 5) is 33.3. The summed E-state index contributed by atoms with van der Waals surface area (Å²) in [7, 11) is 4.25. The molecule has 8 nitrogen and oxygen atoms in total. The van der Waals surface area contributed by atoms with Crippen molar-refractivity contribution in [3.8, 4) is 23.5 Å². The Labute approximate surface area is 218 Å². The van der Waals surface area contributed by atoms with Crippen molar-refractivity contribution in [2.45, 2.75) is 12.8 Å². The number of ether oxygens (including phenoxy) is 4. The Bertz CT molecular complexity index is 1210. The van der Waals surface area contributed by atoms with Crippen LogP contribution < -0.4 is 14.2 Å². The number of Topliss-reactive ketones (excluding diaryl/α,β-unsaturated/α-hetero) is 1. The second kappa shape index (κ2) is 12.9. The molecule has 1 unspecified atom stereocenters. The van der Waals surface area contributed by atoms with Gasteiger partial charge in [0.1, 0.15) is 5.75 Å². The number of allylic oxidation sites excluding steroid dienone is 1. The molecule has 0 N–H and O–H groups in total. The number of nitrogens with zero attached hydrogens (tertiary/aromatic N) is 2. The van der Waals surface area contributed by atoms with E-state index in [0.29, 0.717) is 17.5 Å². The smallest absolute Gasteiger partial charge is 0.328 e. The number of rotatable bonds is 11. The van der Waals surface area contributed by atoms with Gasteiger partial charge >= 0.3 is 12.0 Å². The summed E-state index contributed by atoms with van der Waals surface area (Å²) < 4.78 is 20.8. The largest absolute Gasteiger partial charge is 0.481 e. The summed E-state index contributed by atoms with van der Waals surface area (Å²) in [5, 5.41) is 0.485. The molecule has 0 bridgehead atoms. The van der Waals surface area contributed by atoms with Crippen LogP contribution in [0, 0.1) is 5.92 Å². The first-order valence-electron chi connectivity index (χ1n) is 10.8. The Hall–Kier alpha value is -3.62. The summed E-state index contributed by atoms with van der Waals surface area (Å²) in [5.41, 5.74) is 1.06. The number of esters is 1. The highest BCUT2D eigenvalue weighted by atomic mass is 35.5. The van der Waals surface area contributed by atoms with Crippen molar-refractivity contribution in [1.29, 1.82) is 0 Å². The predicted molar refractivity (Wildman–Crippen MR) is 136 cm³/mol. The number of carbonyl (C=O) groups is 2. The standard InChI is InChI=1S/C26H24Cl2N2O6/c1-33-22-15-23(34-2)30-26(29-22)36-18-12-10-16(11-13-18)6-4-7-17(25(32)35-3)14-21(31)24-19(27)8-5-9-20(24)28/h4-6,8-13,15,17H,7,14H2,1-3H3/b6-4+. The molecule has 0 fully saturated rings. The third-order valence-electron chi connectivity index (χ3n) is 5.10. The van der Waals surface area contributed by atoms with E-state index in [-0.39, 0.29) is 40.2 Å². The van der Waals surface area contributed by atoms with Gasteiger partial charge < -0.3 is 18.9 Å². The number of halogens is 2. The van der Waals surface area contributed by atoms with Gasteiger partial charge in [0.25, 0.3) is 0 Å². The Morgan fingerprint density at radius 2 is 1.56 bits per heavy atom. The molecule has 0 aliphatic heterocycles. The minimum atomic E-state index is -0.686. The Balaban J connectivity index is 1.65. The van der Waals surface area contributed by atoms with Crippen molar-refractivity contribution in [3.63, 3.8) is 0 Å². The molecule has 1 heterocycles. The highest BCUT2D eigenvalue weighted by Gasteiger charge is 2.24. The molecule has 0 amide bonds. The van der Waals surface area contributed by atoms with Crippen LogP contribution in [0.3, 0.4) is 0 Å². The second-order valence-corrected chi connectivity index (χ2v) is 8.30. The van der Waals surface area contributed by atoms with E-state index in [2.05, 4.69) is 9.97 Å². The van der Waals surface area contributed by atoms with Crippen LogP contribution >= 0.6 is 23.2 Å². The Morgan fingerprint density at radius 3 is 2.11 bits per heavy atom. The zero-order valence-electron chi connectivity index (χ0n) is 19.9. The third kappa shape index (κ3) is 7.19. The first-order chi connectivity index (χ1) is 17.3. The van der Waals surface area contributed by atoms with Crippen molar-refractivity contribution in [3.05, 3.63) is 75.8 Å². The Morgan fingerprint density at radius 1 is 0.944 bits per heavy atom. The lowest BCUT2D eigenvalue weighted by Gasteiger charge is -2.13. The number of hydrogen-bond donors (Lipinski definition) is 0. The topological polar surface area (TPSA) is 96.8 Å². The summed E-state index contributed by atoms with van der Waals surface area (Å²) in [6.07, 6.45) is 3.83. The number of carbonyl (C=O) groups excluding carboxylic acids is 2. The van der Waals surface area contributed by atoms with Gasteiger partial charge in [-0.25, -0.2) is 0 Å². The predicted octanol–water partition coefficient (Wildman–Crippen LogP) is 6.06. The first kappa shape index (κ1) is 27.0. The van der Waals surface area contributed by atoms with Crippen molar-refractivity contribution in [2.24, 2.45) is 5.92 Å². The number of benzene rings is 2. The lowest BCUT2D eigenvalue weighted by atomic mass is 9.95. The zero-order chi connectivity index (χ0) is 26.1. The molecular weight excluding hydrogens is 507 g/mol. The molecule has 3 rings (SSSR count). The molecule has 0 saturated carbocycles. The van der Waals surface area contributed by atoms with Crippen LogP contribution in [0.2, 0.25) is 10.0 Å². The van der Waals surface area contributed by atoms with E-state index in [4.69, 9.17) is 42.1 Å². The van der Waals surface area contributed by atoms with Crippen LogP contribution in [0.4, 0.5) is 0 Å². The van der Waals surface area contributed by atoms with Crippen molar-refractivity contribution >= 4 is 41.0 Å². The fourth-order valence-corrected chi connectivity index (χ4v) is 3.89. The molecule has 0 radical (unpaired) electrons. The second-order valence-electron chi connectivity index (χ2n) is 7.49.